The Labute approximate surface area is 56.1 Å². The van der Waals surface area contributed by atoms with Gasteiger partial charge in [0.1, 0.15) is 5.78 Å². The summed E-state index contributed by atoms with van der Waals surface area (Å²) in [7, 11) is 0. The Balaban J connectivity index is 3.19. The van der Waals surface area contributed by atoms with E-state index in [4.69, 9.17) is 0 Å². The molecule has 0 rings (SSSR count). The summed E-state index contributed by atoms with van der Waals surface area (Å²) in [6.07, 6.45) is 6.98. The fourth-order valence-electron chi connectivity index (χ4n) is 0.479. The van der Waals surface area contributed by atoms with Crippen molar-refractivity contribution in [3.63, 3.8) is 0 Å². The largest absolute Gasteiger partial charge is 0.300 e. The van der Waals surface area contributed by atoms with Crippen LogP contribution in [0.25, 0.3) is 0 Å². The topological polar surface area (TPSA) is 17.1 Å². The molecule has 0 atom stereocenters. The van der Waals surface area contributed by atoms with Gasteiger partial charge in [-0.05, 0) is 13.3 Å². The Morgan fingerprint density at radius 1 is 1.67 bits per heavy atom. The van der Waals surface area contributed by atoms with E-state index in [2.05, 4.69) is 6.58 Å². The Morgan fingerprint density at radius 3 is 2.78 bits per heavy atom. The van der Waals surface area contributed by atoms with E-state index >= 15 is 0 Å². The van der Waals surface area contributed by atoms with Gasteiger partial charge in [-0.25, -0.2) is 0 Å². The maximum Gasteiger partial charge on any atom is 0.130 e. The van der Waals surface area contributed by atoms with Gasteiger partial charge in [-0.15, -0.1) is 0 Å². The molecular formula is C8H12O. The molecule has 1 heteroatoms. The molecule has 1 nitrogen and oxygen atoms in total. The molecule has 0 aromatic rings. The van der Waals surface area contributed by atoms with Crippen molar-refractivity contribution in [3.8, 4) is 0 Å². The highest BCUT2D eigenvalue weighted by Gasteiger charge is 1.86. The minimum Gasteiger partial charge on any atom is -0.300 e. The van der Waals surface area contributed by atoms with E-state index in [0.717, 1.165) is 6.42 Å². The molecule has 50 valence electrons. The Morgan fingerprint density at radius 2 is 2.33 bits per heavy atom. The number of Topliss-reactive ketones (excluding diaryl/α,β-unsaturated/α-hetero) is 1. The van der Waals surface area contributed by atoms with Gasteiger partial charge in [-0.3, -0.25) is 0 Å². The molecule has 0 unspecified atom stereocenters. The third-order valence-electron chi connectivity index (χ3n) is 0.935. The maximum atomic E-state index is 10.3. The van der Waals surface area contributed by atoms with Gasteiger partial charge in [0, 0.05) is 6.42 Å². The highest BCUT2D eigenvalue weighted by atomic mass is 16.1. The van der Waals surface area contributed by atoms with Crippen LogP contribution in [-0.4, -0.2) is 5.78 Å². The third kappa shape index (κ3) is 7.15. The number of allylic oxidation sites excluding steroid dienone is 3. The molecule has 0 spiro atoms. The molecule has 0 fully saturated rings. The van der Waals surface area contributed by atoms with Crippen LogP contribution in [0, 0.1) is 0 Å². The van der Waals surface area contributed by atoms with Crippen molar-refractivity contribution in [2.45, 2.75) is 19.8 Å². The van der Waals surface area contributed by atoms with Gasteiger partial charge in [0.15, 0.2) is 0 Å². The van der Waals surface area contributed by atoms with E-state index in [-0.39, 0.29) is 5.78 Å². The average Bonchev–Trinajstić information content (AvgIpc) is 1.80. The zero-order valence-corrected chi connectivity index (χ0v) is 5.76. The van der Waals surface area contributed by atoms with Crippen LogP contribution in [0.2, 0.25) is 0 Å². The van der Waals surface area contributed by atoms with E-state index in [1.807, 2.05) is 12.2 Å². The summed E-state index contributed by atoms with van der Waals surface area (Å²) < 4.78 is 0. The second-order valence-electron chi connectivity index (χ2n) is 1.90. The highest BCUT2D eigenvalue weighted by Crippen LogP contribution is 1.91. The number of carbonyl (C=O) groups is 1. The molecule has 0 heterocycles. The number of hydrogen-bond donors (Lipinski definition) is 0. The van der Waals surface area contributed by atoms with Crippen LogP contribution >= 0.6 is 0 Å². The molecule has 0 aliphatic heterocycles. The van der Waals surface area contributed by atoms with Gasteiger partial charge in [0.25, 0.3) is 0 Å². The van der Waals surface area contributed by atoms with Crippen molar-refractivity contribution in [2.75, 3.05) is 0 Å². The summed E-state index contributed by atoms with van der Waals surface area (Å²) in [6.45, 7) is 5.10. The van der Waals surface area contributed by atoms with Crippen LogP contribution < -0.4 is 0 Å². The predicted octanol–water partition coefficient (Wildman–Crippen LogP) is 2.10. The van der Waals surface area contributed by atoms with Crippen molar-refractivity contribution in [3.05, 3.63) is 24.8 Å². The second-order valence-corrected chi connectivity index (χ2v) is 1.90. The first kappa shape index (κ1) is 8.15. The van der Waals surface area contributed by atoms with Gasteiger partial charge in [0.05, 0.1) is 0 Å². The molecule has 0 saturated heterocycles. The van der Waals surface area contributed by atoms with Crippen molar-refractivity contribution in [1.29, 1.82) is 0 Å². The number of ketones is 1. The van der Waals surface area contributed by atoms with E-state index in [9.17, 15) is 4.79 Å². The first-order valence-corrected chi connectivity index (χ1v) is 3.04. The zero-order chi connectivity index (χ0) is 7.11. The predicted molar refractivity (Wildman–Crippen MR) is 39.3 cm³/mol. The van der Waals surface area contributed by atoms with Crippen molar-refractivity contribution < 1.29 is 4.79 Å². The first-order chi connectivity index (χ1) is 4.27. The molecule has 0 aromatic carbocycles. The summed E-state index contributed by atoms with van der Waals surface area (Å²) in [5.74, 6) is 0.240. The third-order valence-corrected chi connectivity index (χ3v) is 0.935. The van der Waals surface area contributed by atoms with Crippen LogP contribution in [0.4, 0.5) is 0 Å². The summed E-state index contributed by atoms with van der Waals surface area (Å²) in [5.41, 5.74) is 0. The van der Waals surface area contributed by atoms with E-state index in [0.29, 0.717) is 6.42 Å². The first-order valence-electron chi connectivity index (χ1n) is 3.04. The van der Waals surface area contributed by atoms with Crippen molar-refractivity contribution in [2.24, 2.45) is 0 Å². The molecule has 0 aliphatic carbocycles. The standard InChI is InChI=1S/C8H12O/c1-3-4-5-6-7-8(2)9/h3-5H,1,6-7H2,2H3. The van der Waals surface area contributed by atoms with Crippen molar-refractivity contribution >= 4 is 5.78 Å². The van der Waals surface area contributed by atoms with E-state index in [1.165, 1.54) is 0 Å². The number of rotatable bonds is 4. The molecule has 0 amide bonds. The molecule has 0 saturated carbocycles. The maximum absolute atomic E-state index is 10.3. The van der Waals surface area contributed by atoms with Gasteiger partial charge in [0.2, 0.25) is 0 Å². The molecular weight excluding hydrogens is 112 g/mol. The van der Waals surface area contributed by atoms with E-state index < -0.39 is 0 Å². The summed E-state index contributed by atoms with van der Waals surface area (Å²) in [5, 5.41) is 0. The second kappa shape index (κ2) is 5.29. The number of hydrogen-bond acceptors (Lipinski definition) is 1. The zero-order valence-electron chi connectivity index (χ0n) is 5.76. The van der Waals surface area contributed by atoms with Gasteiger partial charge in [-0.2, -0.15) is 0 Å². The average molecular weight is 124 g/mol. The minimum atomic E-state index is 0.240. The smallest absolute Gasteiger partial charge is 0.130 e. The lowest BCUT2D eigenvalue weighted by Crippen LogP contribution is -1.85. The molecule has 0 aliphatic rings. The lowest BCUT2D eigenvalue weighted by molar-refractivity contribution is -0.116. The molecule has 0 aromatic heterocycles. The Hall–Kier alpha value is -0.850. The summed E-state index contributed by atoms with van der Waals surface area (Å²) in [4.78, 5) is 10.3. The normalized spacial score (nSPS) is 9.89. The van der Waals surface area contributed by atoms with E-state index in [1.54, 1.807) is 13.0 Å². The summed E-state index contributed by atoms with van der Waals surface area (Å²) in [6, 6.07) is 0. The number of carbonyl (C=O) groups excluding carboxylic acids is 1. The van der Waals surface area contributed by atoms with Gasteiger partial charge < -0.3 is 4.79 Å². The van der Waals surface area contributed by atoms with Crippen LogP contribution in [0.1, 0.15) is 19.8 Å². The molecule has 0 bridgehead atoms. The SMILES string of the molecule is C=CC=CCCC(C)=O. The monoisotopic (exact) mass is 124 g/mol. The Bertz CT molecular complexity index is 123. The van der Waals surface area contributed by atoms with Crippen LogP contribution in [0.5, 0.6) is 0 Å². The van der Waals surface area contributed by atoms with Crippen LogP contribution in [-0.2, 0) is 4.79 Å². The van der Waals surface area contributed by atoms with Gasteiger partial charge in [-0.1, -0.05) is 24.8 Å². The van der Waals surface area contributed by atoms with Crippen molar-refractivity contribution in [1.82, 2.24) is 0 Å². The lowest BCUT2D eigenvalue weighted by Gasteiger charge is -1.84. The summed E-state index contributed by atoms with van der Waals surface area (Å²) >= 11 is 0. The fraction of sp³-hybridized carbons (Fsp3) is 0.375. The van der Waals surface area contributed by atoms with Crippen LogP contribution in [0.15, 0.2) is 24.8 Å². The lowest BCUT2D eigenvalue weighted by atomic mass is 10.2. The molecule has 0 N–H and O–H groups in total. The molecule has 0 radical (unpaired) electrons. The minimum absolute atomic E-state index is 0.240. The Kier molecular flexibility index (Phi) is 4.79. The highest BCUT2D eigenvalue weighted by molar-refractivity contribution is 5.75. The quantitative estimate of drug-likeness (QED) is 0.524. The van der Waals surface area contributed by atoms with Gasteiger partial charge >= 0.3 is 0 Å². The fourth-order valence-corrected chi connectivity index (χ4v) is 0.479. The molecule has 9 heavy (non-hydrogen) atoms. The van der Waals surface area contributed by atoms with Crippen LogP contribution in [0.3, 0.4) is 0 Å².